The molecule has 16 heavy (non-hydrogen) atoms. The first-order valence-electron chi connectivity index (χ1n) is 5.01. The van der Waals surface area contributed by atoms with E-state index in [1.54, 1.807) is 6.07 Å². The highest BCUT2D eigenvalue weighted by Crippen LogP contribution is 2.62. The average molecular weight is 222 g/mol. The molecule has 3 rings (SSSR count). The summed E-state index contributed by atoms with van der Waals surface area (Å²) >= 11 is 0. The minimum Gasteiger partial charge on any atom is -0.668 e. The van der Waals surface area contributed by atoms with Gasteiger partial charge in [0.25, 0.3) is 0 Å². The zero-order valence-electron chi connectivity index (χ0n) is 8.20. The van der Waals surface area contributed by atoms with Crippen LogP contribution in [0.4, 0.5) is 0 Å². The van der Waals surface area contributed by atoms with Crippen LogP contribution in [0.25, 0.3) is 0 Å². The Balaban J connectivity index is 2.16. The van der Waals surface area contributed by atoms with Crippen LogP contribution in [-0.4, -0.2) is 32.9 Å². The predicted octanol–water partition coefficient (Wildman–Crippen LogP) is -0.0468. The van der Waals surface area contributed by atoms with Crippen molar-refractivity contribution in [2.45, 2.75) is 18.2 Å². The topological polar surface area (TPSA) is 99.9 Å². The molecule has 0 unspecified atom stereocenters. The molecule has 1 saturated carbocycles. The van der Waals surface area contributed by atoms with Crippen molar-refractivity contribution in [3.63, 3.8) is 0 Å². The first-order chi connectivity index (χ1) is 7.50. The number of aromatic carboxylic acids is 1. The van der Waals surface area contributed by atoms with Gasteiger partial charge in [-0.25, -0.2) is 9.78 Å². The summed E-state index contributed by atoms with van der Waals surface area (Å²) in [5.41, 5.74) is 0.440. The largest absolute Gasteiger partial charge is 0.668 e. The third kappa shape index (κ3) is 1.15. The summed E-state index contributed by atoms with van der Waals surface area (Å²) in [6, 6.07) is 1.66. The van der Waals surface area contributed by atoms with Gasteiger partial charge in [-0.2, -0.15) is 0 Å². The van der Waals surface area contributed by atoms with Gasteiger partial charge in [-0.1, -0.05) is 12.2 Å². The smallest absolute Gasteiger partial charge is 0.434 e. The number of rotatable bonds is 1. The fourth-order valence-electron chi connectivity index (χ4n) is 2.34. The zero-order valence-corrected chi connectivity index (χ0v) is 8.20. The van der Waals surface area contributed by atoms with Gasteiger partial charge in [-0.3, -0.25) is 0 Å². The van der Waals surface area contributed by atoms with Gasteiger partial charge in [0.1, 0.15) is 5.75 Å². The lowest BCUT2D eigenvalue weighted by Crippen LogP contribution is -2.46. The van der Waals surface area contributed by atoms with Crippen LogP contribution < -0.4 is 4.65 Å². The Morgan fingerprint density at radius 3 is 3.00 bits per heavy atom. The van der Waals surface area contributed by atoms with Crippen molar-refractivity contribution in [2.75, 3.05) is 0 Å². The fourth-order valence-corrected chi connectivity index (χ4v) is 2.34. The maximum Gasteiger partial charge on any atom is 0.434 e. The monoisotopic (exact) mass is 222 g/mol. The van der Waals surface area contributed by atoms with Crippen LogP contribution in [0, 0.1) is 0 Å². The van der Waals surface area contributed by atoms with Crippen molar-refractivity contribution in [2.24, 2.45) is 0 Å². The van der Waals surface area contributed by atoms with E-state index in [1.807, 2.05) is 0 Å². The van der Waals surface area contributed by atoms with E-state index in [-0.39, 0.29) is 23.2 Å². The number of hydrogen-bond donors (Lipinski definition) is 3. The third-order valence-corrected chi connectivity index (χ3v) is 3.23. The summed E-state index contributed by atoms with van der Waals surface area (Å²) in [5.74, 6) is -1.56. The summed E-state index contributed by atoms with van der Waals surface area (Å²) in [5, 5.41) is 28.1. The number of aromatic nitrogens is 1. The second kappa shape index (κ2) is 2.75. The van der Waals surface area contributed by atoms with E-state index >= 15 is 0 Å². The highest BCUT2D eigenvalue weighted by molar-refractivity contribution is 6.62. The van der Waals surface area contributed by atoms with E-state index in [0.29, 0.717) is 12.0 Å². The second-order valence-electron chi connectivity index (χ2n) is 4.27. The quantitative estimate of drug-likeness (QED) is 0.576. The molecule has 0 bridgehead atoms. The van der Waals surface area contributed by atoms with Crippen molar-refractivity contribution in [1.82, 2.24) is 4.98 Å². The highest BCUT2D eigenvalue weighted by atomic mass is 16.6. The number of fused-ring (bicyclic) bond motifs is 3. The lowest BCUT2D eigenvalue weighted by Gasteiger charge is -2.36. The minimum absolute atomic E-state index is 0.00116. The Morgan fingerprint density at radius 1 is 1.56 bits per heavy atom. The van der Waals surface area contributed by atoms with E-state index in [0.717, 1.165) is 0 Å². The minimum atomic E-state index is -2.94. The molecule has 7 heteroatoms. The highest BCUT2D eigenvalue weighted by Gasteiger charge is 2.55. The molecule has 1 aromatic rings. The van der Waals surface area contributed by atoms with Crippen molar-refractivity contribution in [3.8, 4) is 5.75 Å². The van der Waals surface area contributed by atoms with Gasteiger partial charge in [0.05, 0.1) is 0 Å². The van der Waals surface area contributed by atoms with Crippen LogP contribution in [0.3, 0.4) is 0 Å². The number of pyridine rings is 1. The SMILES string of the molecule is O=C(O)c1nccc2c1O[B-](O)(O)[C@@H]1C[C@H]21. The average Bonchev–Trinajstić information content (AvgIpc) is 2.96. The van der Waals surface area contributed by atoms with Crippen molar-refractivity contribution in [3.05, 3.63) is 23.5 Å². The molecule has 0 spiro atoms. The van der Waals surface area contributed by atoms with Gasteiger partial charge < -0.3 is 19.8 Å². The number of hydrogen-bond acceptors (Lipinski definition) is 5. The molecule has 3 N–H and O–H groups in total. The van der Waals surface area contributed by atoms with Crippen LogP contribution in [0.1, 0.15) is 28.4 Å². The first-order valence-corrected chi connectivity index (χ1v) is 5.01. The molecular formula is C9H9BNO5-. The maximum atomic E-state index is 10.9. The van der Waals surface area contributed by atoms with Gasteiger partial charge in [0, 0.05) is 6.20 Å². The Kier molecular flexibility index (Phi) is 1.65. The number of nitrogens with zero attached hydrogens (tertiary/aromatic N) is 1. The lowest BCUT2D eigenvalue weighted by atomic mass is 9.68. The van der Waals surface area contributed by atoms with Gasteiger partial charge in [0.15, 0.2) is 5.69 Å². The summed E-state index contributed by atoms with van der Waals surface area (Å²) in [4.78, 5) is 14.6. The van der Waals surface area contributed by atoms with Gasteiger partial charge in [0.2, 0.25) is 0 Å². The zero-order chi connectivity index (χ0) is 11.5. The third-order valence-electron chi connectivity index (χ3n) is 3.23. The molecule has 0 radical (unpaired) electrons. The fraction of sp³-hybridized carbons (Fsp3) is 0.333. The Morgan fingerprint density at radius 2 is 2.31 bits per heavy atom. The Hall–Kier alpha value is -1.60. The van der Waals surface area contributed by atoms with E-state index in [2.05, 4.69) is 4.98 Å². The normalized spacial score (nSPS) is 28.6. The second-order valence-corrected chi connectivity index (χ2v) is 4.27. The molecule has 0 amide bonds. The molecule has 1 aliphatic carbocycles. The molecule has 2 aliphatic rings. The molecule has 0 aromatic carbocycles. The molecule has 2 atom stereocenters. The summed E-state index contributed by atoms with van der Waals surface area (Å²) in [6.45, 7) is -2.94. The lowest BCUT2D eigenvalue weighted by molar-refractivity contribution is 0.0686. The van der Waals surface area contributed by atoms with E-state index < -0.39 is 12.7 Å². The standard InChI is InChI=1S/C9H9BNO5/c12-9(13)7-8-4(1-2-11-7)5-3-6(5)10(14,15)16-8/h1-2,5-6,14-15H,3H2,(H,12,13)/q-1/t5-,6-/m1/s1. The number of carboxylic acid groups (broad SMARTS) is 1. The molecule has 2 heterocycles. The van der Waals surface area contributed by atoms with Crippen LogP contribution in [0.5, 0.6) is 5.75 Å². The Labute approximate surface area is 90.5 Å². The molecule has 1 aliphatic heterocycles. The predicted molar refractivity (Wildman–Crippen MR) is 53.1 cm³/mol. The van der Waals surface area contributed by atoms with Crippen LogP contribution in [0.2, 0.25) is 5.82 Å². The molecule has 0 saturated heterocycles. The molecular weight excluding hydrogens is 213 g/mol. The van der Waals surface area contributed by atoms with E-state index in [4.69, 9.17) is 9.76 Å². The van der Waals surface area contributed by atoms with Crippen molar-refractivity contribution < 1.29 is 24.6 Å². The summed E-state index contributed by atoms with van der Waals surface area (Å²) in [7, 11) is 0. The molecule has 6 nitrogen and oxygen atoms in total. The van der Waals surface area contributed by atoms with E-state index in [9.17, 15) is 14.8 Å². The molecule has 1 aromatic heterocycles. The van der Waals surface area contributed by atoms with Crippen molar-refractivity contribution >= 4 is 12.7 Å². The van der Waals surface area contributed by atoms with Crippen LogP contribution in [0.15, 0.2) is 12.3 Å². The molecule has 1 fully saturated rings. The van der Waals surface area contributed by atoms with Gasteiger partial charge in [-0.15, -0.1) is 0 Å². The first kappa shape index (κ1) is 9.62. The Bertz CT molecular complexity index is 489. The van der Waals surface area contributed by atoms with Crippen LogP contribution in [-0.2, 0) is 0 Å². The molecule has 84 valence electrons. The number of carboxylic acids is 1. The van der Waals surface area contributed by atoms with Crippen LogP contribution >= 0.6 is 0 Å². The number of carbonyl (C=O) groups is 1. The van der Waals surface area contributed by atoms with E-state index in [1.165, 1.54) is 6.20 Å². The summed E-state index contributed by atoms with van der Waals surface area (Å²) in [6.07, 6.45) is 2.01. The van der Waals surface area contributed by atoms with Gasteiger partial charge in [-0.05, 0) is 17.5 Å². The van der Waals surface area contributed by atoms with Crippen molar-refractivity contribution in [1.29, 1.82) is 0 Å². The van der Waals surface area contributed by atoms with Gasteiger partial charge >= 0.3 is 12.7 Å². The summed E-state index contributed by atoms with van der Waals surface area (Å²) < 4.78 is 5.00. The maximum absolute atomic E-state index is 10.9.